The number of fused-ring (bicyclic) bond motifs is 5. The van der Waals surface area contributed by atoms with Crippen molar-refractivity contribution in [2.75, 3.05) is 0 Å². The number of hydrogen-bond acceptors (Lipinski definition) is 1. The van der Waals surface area contributed by atoms with Crippen molar-refractivity contribution in [1.29, 1.82) is 0 Å². The highest BCUT2D eigenvalue weighted by Crippen LogP contribution is 2.64. The molecule has 0 N–H and O–H groups in total. The van der Waals surface area contributed by atoms with Crippen molar-refractivity contribution < 1.29 is 4.79 Å². The molecular weight excluding hydrogens is 280 g/mol. The molecule has 1 nitrogen and oxygen atoms in total. The maximum Gasteiger partial charge on any atom is 0.155 e. The summed E-state index contributed by atoms with van der Waals surface area (Å²) in [5, 5.41) is 0.0726. The number of hydrogen-bond donors (Lipinski definition) is 0. The van der Waals surface area contributed by atoms with Gasteiger partial charge in [0.25, 0.3) is 0 Å². The summed E-state index contributed by atoms with van der Waals surface area (Å²) >= 11 is 6.76. The van der Waals surface area contributed by atoms with Crippen LogP contribution in [0, 0.1) is 28.6 Å². The molecule has 0 bridgehead atoms. The molecule has 0 heterocycles. The molecule has 4 aliphatic carbocycles. The van der Waals surface area contributed by atoms with Gasteiger partial charge < -0.3 is 0 Å². The first kappa shape index (κ1) is 14.1. The lowest BCUT2D eigenvalue weighted by Gasteiger charge is -2.58. The van der Waals surface area contributed by atoms with E-state index in [1.807, 2.05) is 6.08 Å². The Balaban J connectivity index is 1.74. The second-order valence-electron chi connectivity index (χ2n) is 8.25. The Morgan fingerprint density at radius 1 is 1.24 bits per heavy atom. The van der Waals surface area contributed by atoms with E-state index in [1.54, 1.807) is 0 Å². The molecule has 2 heteroatoms. The maximum atomic E-state index is 11.9. The second-order valence-corrected chi connectivity index (χ2v) is 8.77. The van der Waals surface area contributed by atoms with Gasteiger partial charge in [0.1, 0.15) is 0 Å². The van der Waals surface area contributed by atoms with Crippen molar-refractivity contribution >= 4 is 17.4 Å². The van der Waals surface area contributed by atoms with E-state index in [0.29, 0.717) is 11.8 Å². The Bertz CT molecular complexity index is 548. The first-order valence-corrected chi connectivity index (χ1v) is 8.94. The Morgan fingerprint density at radius 3 is 2.86 bits per heavy atom. The third kappa shape index (κ3) is 1.86. The van der Waals surface area contributed by atoms with E-state index in [-0.39, 0.29) is 16.6 Å². The van der Waals surface area contributed by atoms with Gasteiger partial charge in [0.05, 0.1) is 5.38 Å². The Labute approximate surface area is 132 Å². The lowest BCUT2D eigenvalue weighted by molar-refractivity contribution is -0.117. The molecular formula is C19H25ClO. The van der Waals surface area contributed by atoms with Crippen molar-refractivity contribution in [1.82, 2.24) is 0 Å². The molecule has 0 aromatic heterocycles. The number of halogens is 1. The number of carbonyl (C=O) groups is 1. The van der Waals surface area contributed by atoms with Crippen LogP contribution in [0.15, 0.2) is 23.8 Å². The molecule has 0 aliphatic heterocycles. The average molecular weight is 305 g/mol. The Kier molecular flexibility index (Phi) is 2.99. The minimum Gasteiger partial charge on any atom is -0.295 e. The van der Waals surface area contributed by atoms with E-state index in [9.17, 15) is 4.79 Å². The first-order valence-electron chi connectivity index (χ1n) is 8.51. The molecule has 6 atom stereocenters. The van der Waals surface area contributed by atoms with Gasteiger partial charge in [0.15, 0.2) is 5.78 Å². The predicted octanol–water partition coefficient (Wildman–Crippen LogP) is 4.90. The molecule has 4 rings (SSSR count). The number of ketones is 1. The molecule has 0 saturated heterocycles. The van der Waals surface area contributed by atoms with E-state index in [0.717, 1.165) is 30.6 Å². The zero-order chi connectivity index (χ0) is 14.8. The molecule has 114 valence electrons. The summed E-state index contributed by atoms with van der Waals surface area (Å²) in [6.45, 7) is 4.83. The SMILES string of the molecule is CC12C=CCC1C1CC(Cl)C3=CC(=O)CCC3(C)C1CC2. The zero-order valence-electron chi connectivity index (χ0n) is 13.1. The Morgan fingerprint density at radius 2 is 2.05 bits per heavy atom. The van der Waals surface area contributed by atoms with Crippen LogP contribution in [0.4, 0.5) is 0 Å². The number of rotatable bonds is 0. The van der Waals surface area contributed by atoms with Gasteiger partial charge in [-0.05, 0) is 72.3 Å². The lowest BCUT2D eigenvalue weighted by Crippen LogP contribution is -2.52. The Hall–Kier alpha value is -0.560. The van der Waals surface area contributed by atoms with Gasteiger partial charge in [-0.15, -0.1) is 11.6 Å². The molecule has 0 spiro atoms. The summed E-state index contributed by atoms with van der Waals surface area (Å²) in [4.78, 5) is 11.9. The van der Waals surface area contributed by atoms with Crippen LogP contribution in [0.3, 0.4) is 0 Å². The molecule has 2 fully saturated rings. The highest BCUT2D eigenvalue weighted by molar-refractivity contribution is 6.23. The third-order valence-corrected chi connectivity index (χ3v) is 7.68. The monoisotopic (exact) mass is 304 g/mol. The highest BCUT2D eigenvalue weighted by atomic mass is 35.5. The fourth-order valence-corrected chi connectivity index (χ4v) is 6.56. The van der Waals surface area contributed by atoms with Gasteiger partial charge in [-0.1, -0.05) is 26.0 Å². The second kappa shape index (κ2) is 4.47. The third-order valence-electron chi connectivity index (χ3n) is 7.26. The number of allylic oxidation sites excluding steroid dienone is 4. The number of alkyl halides is 1. The van der Waals surface area contributed by atoms with Crippen LogP contribution < -0.4 is 0 Å². The summed E-state index contributed by atoms with van der Waals surface area (Å²) < 4.78 is 0. The standard InChI is InChI=1S/C19H25ClO/c1-18-7-3-4-14(18)13-11-17(20)16-10-12(21)5-9-19(16,2)15(13)6-8-18/h3,7,10,13-15,17H,4-6,8-9,11H2,1-2H3. The van der Waals surface area contributed by atoms with Crippen molar-refractivity contribution in [3.05, 3.63) is 23.8 Å². The normalized spacial score (nSPS) is 52.0. The van der Waals surface area contributed by atoms with Crippen LogP contribution in [0.25, 0.3) is 0 Å². The summed E-state index contributed by atoms with van der Waals surface area (Å²) in [6.07, 6.45) is 13.4. The summed E-state index contributed by atoms with van der Waals surface area (Å²) in [5.74, 6) is 2.52. The van der Waals surface area contributed by atoms with Gasteiger partial charge in [-0.25, -0.2) is 0 Å². The zero-order valence-corrected chi connectivity index (χ0v) is 13.8. The minimum atomic E-state index is 0.0726. The van der Waals surface area contributed by atoms with E-state index in [4.69, 9.17) is 11.6 Å². The summed E-state index contributed by atoms with van der Waals surface area (Å²) in [6, 6.07) is 0. The van der Waals surface area contributed by atoms with Crippen molar-refractivity contribution in [3.8, 4) is 0 Å². The molecule has 0 aromatic carbocycles. The topological polar surface area (TPSA) is 17.1 Å². The van der Waals surface area contributed by atoms with Crippen LogP contribution in [-0.2, 0) is 4.79 Å². The van der Waals surface area contributed by atoms with Gasteiger partial charge in [-0.2, -0.15) is 0 Å². The largest absolute Gasteiger partial charge is 0.295 e. The maximum absolute atomic E-state index is 11.9. The van der Waals surface area contributed by atoms with Crippen molar-refractivity contribution in [3.63, 3.8) is 0 Å². The van der Waals surface area contributed by atoms with E-state index < -0.39 is 0 Å². The summed E-state index contributed by atoms with van der Waals surface area (Å²) in [7, 11) is 0. The van der Waals surface area contributed by atoms with Crippen LogP contribution in [0.5, 0.6) is 0 Å². The van der Waals surface area contributed by atoms with E-state index >= 15 is 0 Å². The van der Waals surface area contributed by atoms with Gasteiger partial charge in [0.2, 0.25) is 0 Å². The molecule has 21 heavy (non-hydrogen) atoms. The summed E-state index contributed by atoms with van der Waals surface area (Å²) in [5.41, 5.74) is 1.84. The predicted molar refractivity (Wildman–Crippen MR) is 86.3 cm³/mol. The molecule has 0 amide bonds. The van der Waals surface area contributed by atoms with Crippen LogP contribution in [0.2, 0.25) is 0 Å². The van der Waals surface area contributed by atoms with E-state index in [1.165, 1.54) is 24.8 Å². The van der Waals surface area contributed by atoms with Crippen LogP contribution in [-0.4, -0.2) is 11.2 Å². The van der Waals surface area contributed by atoms with Crippen LogP contribution in [0.1, 0.15) is 52.4 Å². The van der Waals surface area contributed by atoms with Gasteiger partial charge in [-0.3, -0.25) is 4.79 Å². The van der Waals surface area contributed by atoms with Crippen molar-refractivity contribution in [2.24, 2.45) is 28.6 Å². The highest BCUT2D eigenvalue weighted by Gasteiger charge is 2.57. The van der Waals surface area contributed by atoms with Crippen molar-refractivity contribution in [2.45, 2.75) is 57.7 Å². The van der Waals surface area contributed by atoms with Crippen LogP contribution >= 0.6 is 11.6 Å². The fourth-order valence-electron chi connectivity index (χ4n) is 6.04. The quantitative estimate of drug-likeness (QED) is 0.459. The first-order chi connectivity index (χ1) is 9.94. The van der Waals surface area contributed by atoms with Gasteiger partial charge >= 0.3 is 0 Å². The smallest absolute Gasteiger partial charge is 0.155 e. The average Bonchev–Trinajstić information content (AvgIpc) is 2.83. The minimum absolute atomic E-state index is 0.0726. The molecule has 0 radical (unpaired) electrons. The molecule has 6 unspecified atom stereocenters. The van der Waals surface area contributed by atoms with E-state index in [2.05, 4.69) is 26.0 Å². The molecule has 0 aromatic rings. The number of carbonyl (C=O) groups excluding carboxylic acids is 1. The molecule has 4 aliphatic rings. The molecule has 2 saturated carbocycles. The lowest BCUT2D eigenvalue weighted by atomic mass is 9.47. The fraction of sp³-hybridized carbons (Fsp3) is 0.737. The van der Waals surface area contributed by atoms with Gasteiger partial charge in [0, 0.05) is 6.42 Å².